The molecule has 0 amide bonds. The second kappa shape index (κ2) is 7.13. The van der Waals surface area contributed by atoms with Gasteiger partial charge >= 0.3 is 5.97 Å². The largest absolute Gasteiger partial charge is 0.465 e. The number of halogens is 1. The summed E-state index contributed by atoms with van der Waals surface area (Å²) in [7, 11) is -2.20. The molecule has 0 unspecified atom stereocenters. The zero-order valence-corrected chi connectivity index (χ0v) is 15.9. The zero-order valence-electron chi connectivity index (χ0n) is 14.4. The number of aromatic amines is 1. The number of hydrogen-bond donors (Lipinski definition) is 1. The average Bonchev–Trinajstić information content (AvgIpc) is 2.96. The number of sulfone groups is 1. The van der Waals surface area contributed by atoms with Gasteiger partial charge in [0.15, 0.2) is 9.84 Å². The zero-order chi connectivity index (χ0) is 18.9. The summed E-state index contributed by atoms with van der Waals surface area (Å²) in [5.74, 6) is -0.537. The van der Waals surface area contributed by atoms with Gasteiger partial charge in [0.25, 0.3) is 0 Å². The minimum Gasteiger partial charge on any atom is -0.465 e. The molecular formula is C19H18ClNO4S. The van der Waals surface area contributed by atoms with Crippen LogP contribution in [-0.2, 0) is 21.0 Å². The molecule has 5 nitrogen and oxygen atoms in total. The molecule has 0 aliphatic carbocycles. The Kier molecular flexibility index (Phi) is 5.07. The van der Waals surface area contributed by atoms with Gasteiger partial charge in [-0.2, -0.15) is 0 Å². The Morgan fingerprint density at radius 2 is 1.85 bits per heavy atom. The van der Waals surface area contributed by atoms with Crippen LogP contribution in [0.2, 0.25) is 5.02 Å². The maximum atomic E-state index is 12.6. The number of esters is 1. The molecule has 1 N–H and O–H groups in total. The van der Waals surface area contributed by atoms with Crippen molar-refractivity contribution in [2.24, 2.45) is 0 Å². The predicted molar refractivity (Wildman–Crippen MR) is 102 cm³/mol. The first-order chi connectivity index (χ1) is 12.3. The average molecular weight is 392 g/mol. The normalized spacial score (nSPS) is 11.7. The highest BCUT2D eigenvalue weighted by atomic mass is 35.5. The fourth-order valence-electron chi connectivity index (χ4n) is 2.96. The second-order valence-corrected chi connectivity index (χ2v) is 8.49. The van der Waals surface area contributed by atoms with Gasteiger partial charge < -0.3 is 9.72 Å². The van der Waals surface area contributed by atoms with Crippen LogP contribution in [0.15, 0.2) is 47.4 Å². The van der Waals surface area contributed by atoms with Crippen LogP contribution in [0, 0.1) is 6.92 Å². The summed E-state index contributed by atoms with van der Waals surface area (Å²) in [5.41, 5.74) is 2.98. The van der Waals surface area contributed by atoms with Crippen molar-refractivity contribution in [1.29, 1.82) is 0 Å². The van der Waals surface area contributed by atoms with Crippen molar-refractivity contribution >= 4 is 38.3 Å². The number of methoxy groups -OCH3 is 1. The molecule has 0 radical (unpaired) electrons. The fourth-order valence-corrected chi connectivity index (χ4v) is 4.44. The fraction of sp³-hybridized carbons (Fsp3) is 0.211. The Balaban J connectivity index is 1.84. The molecule has 26 heavy (non-hydrogen) atoms. The van der Waals surface area contributed by atoms with E-state index in [0.29, 0.717) is 17.0 Å². The van der Waals surface area contributed by atoms with Crippen LogP contribution in [0.3, 0.4) is 0 Å². The molecule has 0 saturated carbocycles. The van der Waals surface area contributed by atoms with Crippen LogP contribution in [0.5, 0.6) is 0 Å². The van der Waals surface area contributed by atoms with E-state index >= 15 is 0 Å². The van der Waals surface area contributed by atoms with Gasteiger partial charge in [-0.1, -0.05) is 23.7 Å². The summed E-state index contributed by atoms with van der Waals surface area (Å²) in [4.78, 5) is 14.9. The molecule has 1 heterocycles. The van der Waals surface area contributed by atoms with Crippen LogP contribution in [0.4, 0.5) is 0 Å². The van der Waals surface area contributed by atoms with Gasteiger partial charge in [-0.15, -0.1) is 0 Å². The highest BCUT2D eigenvalue weighted by molar-refractivity contribution is 7.91. The highest BCUT2D eigenvalue weighted by Crippen LogP contribution is 2.28. The molecule has 0 saturated heterocycles. The molecule has 2 aromatic carbocycles. The van der Waals surface area contributed by atoms with E-state index in [4.69, 9.17) is 11.6 Å². The van der Waals surface area contributed by atoms with Crippen molar-refractivity contribution in [2.45, 2.75) is 18.2 Å². The summed E-state index contributed by atoms with van der Waals surface area (Å²) >= 11 is 6.19. The van der Waals surface area contributed by atoms with Crippen molar-refractivity contribution in [1.82, 2.24) is 4.98 Å². The SMILES string of the molecule is COC(=O)c1ccc(S(=O)(=O)CCc2c(C)[nH]c3c(Cl)cccc23)cc1. The first kappa shape index (κ1) is 18.5. The van der Waals surface area contributed by atoms with Crippen LogP contribution in [0.25, 0.3) is 10.9 Å². The number of benzene rings is 2. The summed E-state index contributed by atoms with van der Waals surface area (Å²) < 4.78 is 29.9. The summed E-state index contributed by atoms with van der Waals surface area (Å²) in [6.07, 6.45) is 0.368. The van der Waals surface area contributed by atoms with Crippen LogP contribution >= 0.6 is 11.6 Å². The van der Waals surface area contributed by atoms with E-state index in [-0.39, 0.29) is 10.6 Å². The number of carbonyl (C=O) groups excluding carboxylic acids is 1. The monoisotopic (exact) mass is 391 g/mol. The van der Waals surface area contributed by atoms with Crippen molar-refractivity contribution in [3.63, 3.8) is 0 Å². The molecular weight excluding hydrogens is 374 g/mol. The van der Waals surface area contributed by atoms with Gasteiger partial charge in [-0.05, 0) is 49.2 Å². The lowest BCUT2D eigenvalue weighted by Gasteiger charge is -2.06. The Morgan fingerprint density at radius 1 is 1.15 bits per heavy atom. The molecule has 0 aliphatic rings. The Morgan fingerprint density at radius 3 is 2.50 bits per heavy atom. The lowest BCUT2D eigenvalue weighted by molar-refractivity contribution is 0.0600. The predicted octanol–water partition coefficient (Wildman–Crippen LogP) is 3.93. The first-order valence-corrected chi connectivity index (χ1v) is 10.0. The van der Waals surface area contributed by atoms with E-state index in [2.05, 4.69) is 9.72 Å². The van der Waals surface area contributed by atoms with Gasteiger partial charge in [-0.3, -0.25) is 0 Å². The molecule has 7 heteroatoms. The summed E-state index contributed by atoms with van der Waals surface area (Å²) in [6, 6.07) is 11.3. The molecule has 1 aromatic heterocycles. The van der Waals surface area contributed by atoms with E-state index in [1.807, 2.05) is 19.1 Å². The Hall–Kier alpha value is -2.31. The lowest BCUT2D eigenvalue weighted by atomic mass is 10.1. The molecule has 3 aromatic rings. The number of rotatable bonds is 5. The van der Waals surface area contributed by atoms with Gasteiger partial charge in [-0.25, -0.2) is 13.2 Å². The summed E-state index contributed by atoms with van der Waals surface area (Å²) in [6.45, 7) is 1.91. The third kappa shape index (κ3) is 3.48. The summed E-state index contributed by atoms with van der Waals surface area (Å²) in [5, 5.41) is 1.55. The third-order valence-electron chi connectivity index (χ3n) is 4.36. The van der Waals surface area contributed by atoms with Crippen molar-refractivity contribution < 1.29 is 17.9 Å². The minimum absolute atomic E-state index is 0.0368. The number of aryl methyl sites for hydroxylation is 2. The van der Waals surface area contributed by atoms with Gasteiger partial charge in [0, 0.05) is 11.1 Å². The van der Waals surface area contributed by atoms with Crippen LogP contribution in [0.1, 0.15) is 21.6 Å². The molecule has 0 spiro atoms. The van der Waals surface area contributed by atoms with Crippen LogP contribution in [-0.4, -0.2) is 32.2 Å². The molecule has 0 bridgehead atoms. The number of ether oxygens (including phenoxy) is 1. The Bertz CT molecular complexity index is 1070. The highest BCUT2D eigenvalue weighted by Gasteiger charge is 2.18. The number of nitrogens with one attached hydrogen (secondary N) is 1. The van der Waals surface area contributed by atoms with E-state index in [1.54, 1.807) is 6.07 Å². The van der Waals surface area contributed by atoms with Crippen molar-refractivity contribution in [2.75, 3.05) is 12.9 Å². The third-order valence-corrected chi connectivity index (χ3v) is 6.41. The lowest BCUT2D eigenvalue weighted by Crippen LogP contribution is -2.10. The van der Waals surface area contributed by atoms with Crippen molar-refractivity contribution in [3.8, 4) is 0 Å². The molecule has 136 valence electrons. The Labute approximate surface area is 156 Å². The van der Waals surface area contributed by atoms with Gasteiger partial charge in [0.2, 0.25) is 0 Å². The number of fused-ring (bicyclic) bond motifs is 1. The molecule has 0 fully saturated rings. The minimum atomic E-state index is -3.48. The van der Waals surface area contributed by atoms with Gasteiger partial charge in [0.1, 0.15) is 0 Å². The number of aromatic nitrogens is 1. The number of carbonyl (C=O) groups is 1. The smallest absolute Gasteiger partial charge is 0.337 e. The first-order valence-electron chi connectivity index (χ1n) is 8.00. The quantitative estimate of drug-likeness (QED) is 0.668. The maximum Gasteiger partial charge on any atom is 0.337 e. The number of H-pyrrole nitrogens is 1. The van der Waals surface area contributed by atoms with Crippen molar-refractivity contribution in [3.05, 3.63) is 64.3 Å². The second-order valence-electron chi connectivity index (χ2n) is 5.98. The van der Waals surface area contributed by atoms with E-state index in [1.165, 1.54) is 31.4 Å². The van der Waals surface area contributed by atoms with E-state index in [0.717, 1.165) is 22.2 Å². The molecule has 3 rings (SSSR count). The van der Waals surface area contributed by atoms with Crippen LogP contribution < -0.4 is 0 Å². The van der Waals surface area contributed by atoms with Gasteiger partial charge in [0.05, 0.1) is 33.9 Å². The standard InChI is InChI=1S/C19H18ClNO4S/c1-12-15(16-4-3-5-17(20)18(16)21-12)10-11-26(23,24)14-8-6-13(7-9-14)19(22)25-2/h3-9,21H,10-11H2,1-2H3. The molecule has 0 atom stereocenters. The van der Waals surface area contributed by atoms with E-state index < -0.39 is 15.8 Å². The number of hydrogen-bond acceptors (Lipinski definition) is 4. The molecule has 0 aliphatic heterocycles. The topological polar surface area (TPSA) is 76.2 Å². The maximum absolute atomic E-state index is 12.6. The number of para-hydroxylation sites is 1. The van der Waals surface area contributed by atoms with E-state index in [9.17, 15) is 13.2 Å².